The van der Waals surface area contributed by atoms with Crippen molar-refractivity contribution in [1.82, 2.24) is 20.4 Å². The molecule has 150 valence electrons. The first-order valence-corrected chi connectivity index (χ1v) is 8.20. The number of benzene rings is 1. The van der Waals surface area contributed by atoms with Crippen molar-refractivity contribution in [1.29, 1.82) is 0 Å². The first kappa shape index (κ1) is 13.6. The number of methoxy groups -OCH3 is 1. The number of rotatable bonds is 8. The lowest BCUT2D eigenvalue weighted by molar-refractivity contribution is 0.0219. The van der Waals surface area contributed by atoms with Crippen molar-refractivity contribution in [2.24, 2.45) is 0 Å². The minimum Gasteiger partial charge on any atom is -0.497 e. The molecule has 0 spiro atoms. The van der Waals surface area contributed by atoms with Crippen LogP contribution >= 0.6 is 0 Å². The van der Waals surface area contributed by atoms with E-state index in [2.05, 4.69) is 20.4 Å². The van der Waals surface area contributed by atoms with Gasteiger partial charge < -0.3 is 9.47 Å². The van der Waals surface area contributed by atoms with Gasteiger partial charge in [-0.15, -0.1) is 0 Å². The summed E-state index contributed by atoms with van der Waals surface area (Å²) in [5.74, 6) is -1.42. The maximum Gasteiger partial charge on any atom is 0.295 e. The average Bonchev–Trinajstić information content (AvgIpc) is 2.78. The van der Waals surface area contributed by atoms with E-state index >= 15 is 0 Å². The van der Waals surface area contributed by atoms with Crippen LogP contribution in [0.4, 0.5) is 4.39 Å². The standard InChI is InChI=1S/C20H19FN4O4/c1-3-28-19-7-4-13(9-23-19)17-10-22-11-18(24-17)20(26)25-29-12-14-8-15(27-2)5-6-16(14)21/h4-11H,3,12H2,1-2H3,(H,25,26)/i1D3,2D3. The Hall–Kier alpha value is -3.59. The number of carbonyl (C=O) groups excluding carboxylic acids is 1. The first-order valence-electron chi connectivity index (χ1n) is 11.2. The molecular weight excluding hydrogens is 379 g/mol. The fourth-order valence-corrected chi connectivity index (χ4v) is 2.26. The lowest BCUT2D eigenvalue weighted by atomic mass is 10.2. The maximum absolute atomic E-state index is 14.0. The summed E-state index contributed by atoms with van der Waals surface area (Å²) in [7, 11) is -2.70. The molecule has 0 saturated carbocycles. The van der Waals surface area contributed by atoms with Crippen LogP contribution in [0.5, 0.6) is 11.6 Å². The molecule has 0 fully saturated rings. The van der Waals surface area contributed by atoms with E-state index in [1.165, 1.54) is 24.7 Å². The van der Waals surface area contributed by atoms with E-state index in [0.717, 1.165) is 18.2 Å². The summed E-state index contributed by atoms with van der Waals surface area (Å²) in [4.78, 5) is 29.5. The molecular formula is C20H19FN4O4. The SMILES string of the molecule is [2H]C([2H])([2H])COc1ccc(-c2cncc(C(=O)NOCc3cc(OC([2H])([2H])[2H])ccc3F)n2)cn1. The van der Waals surface area contributed by atoms with Crippen LogP contribution in [-0.4, -0.2) is 34.5 Å². The Labute approximate surface area is 175 Å². The molecule has 0 aliphatic heterocycles. The molecule has 1 N–H and O–H groups in total. The highest BCUT2D eigenvalue weighted by molar-refractivity contribution is 5.91. The highest BCUT2D eigenvalue weighted by Gasteiger charge is 2.12. The summed E-state index contributed by atoms with van der Waals surface area (Å²) in [6.07, 6.45) is 3.96. The molecule has 2 aromatic heterocycles. The molecule has 0 unspecified atom stereocenters. The minimum atomic E-state index is -2.70. The van der Waals surface area contributed by atoms with Gasteiger partial charge in [0.1, 0.15) is 23.9 Å². The monoisotopic (exact) mass is 404 g/mol. The van der Waals surface area contributed by atoms with Gasteiger partial charge in [-0.25, -0.2) is 19.8 Å². The van der Waals surface area contributed by atoms with E-state index in [1.54, 1.807) is 6.07 Å². The van der Waals surface area contributed by atoms with Crippen molar-refractivity contribution in [3.8, 4) is 22.9 Å². The van der Waals surface area contributed by atoms with Gasteiger partial charge in [-0.05, 0) is 31.1 Å². The fraction of sp³-hybridized carbons (Fsp3) is 0.200. The highest BCUT2D eigenvalue weighted by Crippen LogP contribution is 2.18. The number of halogens is 1. The number of ether oxygens (including phenoxy) is 2. The van der Waals surface area contributed by atoms with Crippen LogP contribution < -0.4 is 15.0 Å². The van der Waals surface area contributed by atoms with Gasteiger partial charge in [0.15, 0.2) is 0 Å². The molecule has 0 saturated heterocycles. The summed E-state index contributed by atoms with van der Waals surface area (Å²) in [6, 6.07) is 6.35. The zero-order valence-electron chi connectivity index (χ0n) is 20.9. The molecule has 0 bridgehead atoms. The minimum absolute atomic E-state index is 0.0428. The van der Waals surface area contributed by atoms with Gasteiger partial charge in [-0.1, -0.05) is 0 Å². The molecule has 0 aliphatic carbocycles. The molecule has 29 heavy (non-hydrogen) atoms. The molecule has 3 aromatic rings. The smallest absolute Gasteiger partial charge is 0.295 e. The van der Waals surface area contributed by atoms with E-state index in [4.69, 9.17) is 22.5 Å². The Morgan fingerprint density at radius 1 is 1.24 bits per heavy atom. The molecule has 1 aromatic carbocycles. The summed E-state index contributed by atoms with van der Waals surface area (Å²) in [6.45, 7) is -3.16. The Morgan fingerprint density at radius 2 is 2.17 bits per heavy atom. The molecule has 3 rings (SSSR count). The second kappa shape index (κ2) is 9.56. The Morgan fingerprint density at radius 3 is 2.97 bits per heavy atom. The quantitative estimate of drug-likeness (QED) is 0.577. The molecule has 9 heteroatoms. The lowest BCUT2D eigenvalue weighted by Gasteiger charge is -2.08. The van der Waals surface area contributed by atoms with E-state index in [9.17, 15) is 9.18 Å². The van der Waals surface area contributed by atoms with E-state index < -0.39 is 38.8 Å². The van der Waals surface area contributed by atoms with Crippen LogP contribution in [-0.2, 0) is 11.4 Å². The number of nitrogens with one attached hydrogen (secondary N) is 1. The fourth-order valence-electron chi connectivity index (χ4n) is 2.26. The van der Waals surface area contributed by atoms with Crippen LogP contribution in [0.3, 0.4) is 0 Å². The summed E-state index contributed by atoms with van der Waals surface area (Å²) in [5, 5.41) is 0. The van der Waals surface area contributed by atoms with Crippen LogP contribution in [0, 0.1) is 5.82 Å². The number of amides is 1. The third-order valence-corrected chi connectivity index (χ3v) is 3.65. The van der Waals surface area contributed by atoms with Crippen LogP contribution in [0.2, 0.25) is 0 Å². The van der Waals surface area contributed by atoms with Crippen molar-refractivity contribution in [2.45, 2.75) is 13.5 Å². The second-order valence-corrected chi connectivity index (χ2v) is 5.54. The van der Waals surface area contributed by atoms with Gasteiger partial charge in [-0.2, -0.15) is 0 Å². The topological polar surface area (TPSA) is 95.5 Å². The van der Waals surface area contributed by atoms with E-state index in [1.807, 2.05) is 0 Å². The summed E-state index contributed by atoms with van der Waals surface area (Å²) in [5.41, 5.74) is 2.75. The maximum atomic E-state index is 14.0. The average molecular weight is 404 g/mol. The highest BCUT2D eigenvalue weighted by atomic mass is 19.1. The lowest BCUT2D eigenvalue weighted by Crippen LogP contribution is -2.25. The molecule has 8 nitrogen and oxygen atoms in total. The van der Waals surface area contributed by atoms with Crippen LogP contribution in [0.1, 0.15) is 31.1 Å². The molecule has 2 heterocycles. The largest absolute Gasteiger partial charge is 0.497 e. The number of pyridine rings is 1. The zero-order chi connectivity index (χ0) is 25.6. The zero-order valence-corrected chi connectivity index (χ0v) is 14.9. The number of nitrogens with zero attached hydrogens (tertiary/aromatic N) is 3. The molecule has 0 aliphatic rings. The number of hydrogen-bond donors (Lipinski definition) is 1. The van der Waals surface area contributed by atoms with Crippen molar-refractivity contribution >= 4 is 5.91 Å². The summed E-state index contributed by atoms with van der Waals surface area (Å²) >= 11 is 0. The Bertz CT molecular complexity index is 1180. The van der Waals surface area contributed by atoms with Crippen LogP contribution in [0.25, 0.3) is 11.3 Å². The predicted molar refractivity (Wildman–Crippen MR) is 102 cm³/mol. The normalized spacial score (nSPS) is 14.4. The second-order valence-electron chi connectivity index (χ2n) is 5.54. The van der Waals surface area contributed by atoms with Crippen molar-refractivity contribution in [3.05, 3.63) is 66.0 Å². The van der Waals surface area contributed by atoms with Gasteiger partial charge >= 0.3 is 0 Å². The van der Waals surface area contributed by atoms with Gasteiger partial charge in [-0.3, -0.25) is 14.6 Å². The van der Waals surface area contributed by atoms with Gasteiger partial charge in [0, 0.05) is 27.5 Å². The van der Waals surface area contributed by atoms with Crippen molar-refractivity contribution < 1.29 is 31.7 Å². The first-order chi connectivity index (χ1) is 16.4. The molecule has 1 amide bonds. The predicted octanol–water partition coefficient (Wildman–Crippen LogP) is 2.95. The number of hydrogen-bond acceptors (Lipinski definition) is 7. The van der Waals surface area contributed by atoms with E-state index in [-0.39, 0.29) is 22.9 Å². The van der Waals surface area contributed by atoms with Crippen LogP contribution in [0.15, 0.2) is 48.9 Å². The summed E-state index contributed by atoms with van der Waals surface area (Å²) < 4.78 is 66.5. The van der Waals surface area contributed by atoms with Gasteiger partial charge in [0.25, 0.3) is 5.91 Å². The van der Waals surface area contributed by atoms with Crippen molar-refractivity contribution in [2.75, 3.05) is 13.6 Å². The van der Waals surface area contributed by atoms with Gasteiger partial charge in [0.2, 0.25) is 5.88 Å². The third kappa shape index (κ3) is 5.23. The Balaban J connectivity index is 1.60. The molecule has 0 radical (unpaired) electrons. The number of carbonyl (C=O) groups is 1. The van der Waals surface area contributed by atoms with Gasteiger partial charge in [0.05, 0.1) is 35.8 Å². The van der Waals surface area contributed by atoms with Crippen molar-refractivity contribution in [3.63, 3.8) is 0 Å². The number of hydroxylamine groups is 1. The third-order valence-electron chi connectivity index (χ3n) is 3.65. The van der Waals surface area contributed by atoms with E-state index in [0.29, 0.717) is 11.3 Å². The Kier molecular flexibility index (Phi) is 4.47. The molecule has 0 atom stereocenters. The number of aromatic nitrogens is 3.